The molecule has 0 radical (unpaired) electrons. The molecule has 0 aromatic heterocycles. The predicted octanol–water partition coefficient (Wildman–Crippen LogP) is 8.27. The Morgan fingerprint density at radius 3 is 1.88 bits per heavy atom. The molecular formula is C41H62O7. The maximum atomic E-state index is 13.8. The highest BCUT2D eigenvalue weighted by atomic mass is 16.7. The fourth-order valence-electron chi connectivity index (χ4n) is 12.9. The summed E-state index contributed by atoms with van der Waals surface area (Å²) in [6.07, 6.45) is 15.4. The van der Waals surface area contributed by atoms with Crippen molar-refractivity contribution < 1.29 is 33.8 Å². The summed E-state index contributed by atoms with van der Waals surface area (Å²) in [5.41, 5.74) is -0.758. The molecule has 1 aliphatic heterocycles. The van der Waals surface area contributed by atoms with E-state index in [4.69, 9.17) is 9.47 Å². The number of carbonyl (C=O) groups is 4. The molecule has 48 heavy (non-hydrogen) atoms. The Hall–Kier alpha value is -1.76. The Labute approximate surface area is 288 Å². The van der Waals surface area contributed by atoms with E-state index < -0.39 is 11.4 Å². The van der Waals surface area contributed by atoms with Crippen LogP contribution in [0.2, 0.25) is 0 Å². The monoisotopic (exact) mass is 666 g/mol. The number of rotatable bonds is 14. The van der Waals surface area contributed by atoms with Crippen LogP contribution in [0.5, 0.6) is 0 Å². The largest absolute Gasteiger partial charge is 0.481 e. The van der Waals surface area contributed by atoms with Crippen LogP contribution >= 0.6 is 0 Å². The van der Waals surface area contributed by atoms with Gasteiger partial charge in [0.2, 0.25) is 6.29 Å². The van der Waals surface area contributed by atoms with Crippen LogP contribution < -0.4 is 0 Å². The number of Topliss-reactive ketones (excluding diaryl/α,β-unsaturated/α-hetero) is 2. The zero-order valence-corrected chi connectivity index (χ0v) is 30.1. The van der Waals surface area contributed by atoms with Crippen molar-refractivity contribution in [3.05, 3.63) is 0 Å². The number of carboxylic acid groups (broad SMARTS) is 1. The van der Waals surface area contributed by atoms with Crippen molar-refractivity contribution >= 4 is 23.5 Å². The molecule has 7 aliphatic rings. The van der Waals surface area contributed by atoms with Gasteiger partial charge in [0, 0.05) is 30.1 Å². The third kappa shape index (κ3) is 6.45. The molecule has 7 nitrogen and oxygen atoms in total. The van der Waals surface area contributed by atoms with E-state index in [1.165, 1.54) is 12.8 Å². The summed E-state index contributed by atoms with van der Waals surface area (Å²) in [4.78, 5) is 52.3. The first kappa shape index (κ1) is 34.7. The molecule has 14 unspecified atom stereocenters. The molecule has 0 aromatic carbocycles. The smallest absolute Gasteiger partial charge is 0.311 e. The number of ether oxygens (including phenoxy) is 2. The number of esters is 1. The predicted molar refractivity (Wildman–Crippen MR) is 181 cm³/mol. The third-order valence-corrected chi connectivity index (χ3v) is 15.9. The molecule has 7 heteroatoms. The topological polar surface area (TPSA) is 107 Å². The molecule has 7 rings (SSSR count). The molecule has 1 N–H and O–H groups in total. The van der Waals surface area contributed by atoms with E-state index in [9.17, 15) is 24.3 Å². The molecule has 6 aliphatic carbocycles. The lowest BCUT2D eigenvalue weighted by Crippen LogP contribution is -2.34. The van der Waals surface area contributed by atoms with Gasteiger partial charge in [-0.05, 0) is 143 Å². The quantitative estimate of drug-likeness (QED) is 0.186. The van der Waals surface area contributed by atoms with Crippen LogP contribution in [0.4, 0.5) is 0 Å². The highest BCUT2D eigenvalue weighted by molar-refractivity contribution is 5.85. The average molecular weight is 667 g/mol. The van der Waals surface area contributed by atoms with Crippen LogP contribution in [0.15, 0.2) is 0 Å². The first-order valence-corrected chi connectivity index (χ1v) is 20.0. The van der Waals surface area contributed by atoms with Crippen LogP contribution in [-0.2, 0) is 28.7 Å². The highest BCUT2D eigenvalue weighted by Gasteiger charge is 2.59. The first-order chi connectivity index (χ1) is 22.9. The molecule has 1 heterocycles. The number of aliphatic carboxylic acids is 1. The Morgan fingerprint density at radius 2 is 1.29 bits per heavy atom. The maximum absolute atomic E-state index is 13.8. The summed E-state index contributed by atoms with van der Waals surface area (Å²) in [5.74, 6) is 5.35. The van der Waals surface area contributed by atoms with Crippen molar-refractivity contribution in [1.29, 1.82) is 0 Å². The molecule has 0 amide bonds. The molecule has 268 valence electrons. The maximum Gasteiger partial charge on any atom is 0.311 e. The van der Waals surface area contributed by atoms with Gasteiger partial charge in [0.05, 0.1) is 18.4 Å². The van der Waals surface area contributed by atoms with Gasteiger partial charge in [-0.15, -0.1) is 0 Å². The van der Waals surface area contributed by atoms with Crippen molar-refractivity contribution in [3.63, 3.8) is 0 Å². The summed E-state index contributed by atoms with van der Waals surface area (Å²) in [6.45, 7) is 9.20. The molecule has 7 fully saturated rings. The molecule has 6 saturated carbocycles. The van der Waals surface area contributed by atoms with Crippen LogP contribution in [-0.4, -0.2) is 41.5 Å². The van der Waals surface area contributed by atoms with E-state index in [1.807, 2.05) is 0 Å². The van der Waals surface area contributed by atoms with Gasteiger partial charge in [-0.3, -0.25) is 19.2 Å². The zero-order valence-electron chi connectivity index (χ0n) is 30.1. The van der Waals surface area contributed by atoms with Gasteiger partial charge in [-0.25, -0.2) is 0 Å². The Balaban J connectivity index is 0.867. The lowest BCUT2D eigenvalue weighted by Gasteiger charge is -2.35. The van der Waals surface area contributed by atoms with E-state index in [-0.39, 0.29) is 29.5 Å². The Kier molecular flexibility index (Phi) is 9.69. The van der Waals surface area contributed by atoms with E-state index in [2.05, 4.69) is 27.7 Å². The van der Waals surface area contributed by atoms with E-state index in [0.717, 1.165) is 83.5 Å². The second kappa shape index (κ2) is 13.4. The third-order valence-electron chi connectivity index (χ3n) is 15.9. The number of hydrogen-bond acceptors (Lipinski definition) is 6. The van der Waals surface area contributed by atoms with Gasteiger partial charge in [0.25, 0.3) is 0 Å². The van der Waals surface area contributed by atoms with E-state index >= 15 is 0 Å². The number of ketones is 2. The van der Waals surface area contributed by atoms with Gasteiger partial charge < -0.3 is 14.6 Å². The number of fused-ring (bicyclic) bond motifs is 10. The van der Waals surface area contributed by atoms with Crippen molar-refractivity contribution in [2.24, 2.45) is 81.8 Å². The summed E-state index contributed by atoms with van der Waals surface area (Å²) >= 11 is 0. The summed E-state index contributed by atoms with van der Waals surface area (Å²) in [5, 5.41) is 9.59. The molecule has 0 aromatic rings. The molecule has 14 atom stereocenters. The number of carbonyl (C=O) groups excluding carboxylic acids is 3. The van der Waals surface area contributed by atoms with Gasteiger partial charge in [0.1, 0.15) is 11.6 Å². The standard InChI is InChI=1S/C41H62O7/c1-5-41(4,36(43)22-26-14-23-15-30(26)33-18-27(38(44)45)17-31(23)33)11-8-10-40(2,3)35(42)21-25-13-24-16-29(25)34-20-28(19-32(24)34)39(46)48-37-9-6-7-12-47-37/h23-34,37H,5-22H2,1-4H3,(H,44,45). The fraction of sp³-hybridized carbons (Fsp3) is 0.902. The minimum Gasteiger partial charge on any atom is -0.481 e. The molecule has 4 bridgehead atoms. The number of hydrogen-bond donors (Lipinski definition) is 1. The second-order valence-electron chi connectivity index (χ2n) is 18.8. The van der Waals surface area contributed by atoms with Crippen LogP contribution in [0.1, 0.15) is 137 Å². The van der Waals surface area contributed by atoms with Crippen molar-refractivity contribution in [2.45, 2.75) is 143 Å². The van der Waals surface area contributed by atoms with Crippen LogP contribution in [0, 0.1) is 81.8 Å². The second-order valence-corrected chi connectivity index (χ2v) is 18.8. The van der Waals surface area contributed by atoms with Gasteiger partial charge in [-0.1, -0.05) is 34.1 Å². The van der Waals surface area contributed by atoms with Gasteiger partial charge in [-0.2, -0.15) is 0 Å². The fourth-order valence-corrected chi connectivity index (χ4v) is 12.9. The van der Waals surface area contributed by atoms with Crippen LogP contribution in [0.3, 0.4) is 0 Å². The molecule has 1 saturated heterocycles. The van der Waals surface area contributed by atoms with E-state index in [1.54, 1.807) is 0 Å². The zero-order chi connectivity index (χ0) is 34.0. The number of carboxylic acids is 1. The van der Waals surface area contributed by atoms with Gasteiger partial charge in [0.15, 0.2) is 0 Å². The first-order valence-electron chi connectivity index (χ1n) is 20.0. The molecular weight excluding hydrogens is 604 g/mol. The summed E-state index contributed by atoms with van der Waals surface area (Å²) in [7, 11) is 0. The molecule has 0 spiro atoms. The van der Waals surface area contributed by atoms with Crippen molar-refractivity contribution in [1.82, 2.24) is 0 Å². The summed E-state index contributed by atoms with van der Waals surface area (Å²) < 4.78 is 11.4. The lowest BCUT2D eigenvalue weighted by atomic mass is 9.68. The van der Waals surface area contributed by atoms with Crippen molar-refractivity contribution in [2.75, 3.05) is 6.61 Å². The van der Waals surface area contributed by atoms with Gasteiger partial charge >= 0.3 is 11.9 Å². The minimum absolute atomic E-state index is 0.00922. The van der Waals surface area contributed by atoms with Crippen molar-refractivity contribution in [3.8, 4) is 0 Å². The van der Waals surface area contributed by atoms with Crippen LogP contribution in [0.25, 0.3) is 0 Å². The Bertz CT molecular complexity index is 1250. The highest BCUT2D eigenvalue weighted by Crippen LogP contribution is 2.64. The average Bonchev–Trinajstić information content (AvgIpc) is 3.89. The summed E-state index contributed by atoms with van der Waals surface area (Å²) in [6, 6.07) is 0. The SMILES string of the molecule is CCC(C)(CCCC(C)(C)C(=O)CC1CC2CC1C1CC(C(=O)OC3CCCCO3)CC21)C(=O)CC1CC2CC1C1CC(C(=O)O)CC21. The lowest BCUT2D eigenvalue weighted by molar-refractivity contribution is -0.191. The van der Waals surface area contributed by atoms with E-state index in [0.29, 0.717) is 90.2 Å². The normalized spacial score (nSPS) is 42.4. The Morgan fingerprint density at radius 1 is 0.708 bits per heavy atom. The minimum atomic E-state index is -0.632.